The standard InChI is InChI=1S/C16H27N3O2/c1-2-17-13(12-6-3-4-7-12)10-18-11-15(20)19-9-5-8-14(19)16(18)21/h12-14,17H,2-11H2,1H3. The highest BCUT2D eigenvalue weighted by Crippen LogP contribution is 2.29. The summed E-state index contributed by atoms with van der Waals surface area (Å²) >= 11 is 0. The molecule has 2 atom stereocenters. The first kappa shape index (κ1) is 14.8. The van der Waals surface area contributed by atoms with Gasteiger partial charge in [-0.1, -0.05) is 19.8 Å². The summed E-state index contributed by atoms with van der Waals surface area (Å²) in [5.41, 5.74) is 0. The van der Waals surface area contributed by atoms with Crippen LogP contribution < -0.4 is 5.32 Å². The number of nitrogens with one attached hydrogen (secondary N) is 1. The Morgan fingerprint density at radius 3 is 2.67 bits per heavy atom. The smallest absolute Gasteiger partial charge is 0.245 e. The normalized spacial score (nSPS) is 28.3. The molecule has 1 saturated carbocycles. The van der Waals surface area contributed by atoms with Crippen LogP contribution in [0.3, 0.4) is 0 Å². The van der Waals surface area contributed by atoms with E-state index in [9.17, 15) is 9.59 Å². The monoisotopic (exact) mass is 293 g/mol. The van der Waals surface area contributed by atoms with E-state index >= 15 is 0 Å². The zero-order valence-corrected chi connectivity index (χ0v) is 13.0. The van der Waals surface area contributed by atoms with Crippen molar-refractivity contribution in [2.24, 2.45) is 5.92 Å². The molecule has 1 aliphatic carbocycles. The quantitative estimate of drug-likeness (QED) is 0.822. The van der Waals surface area contributed by atoms with Crippen molar-refractivity contribution in [2.45, 2.75) is 57.5 Å². The lowest BCUT2D eigenvalue weighted by Crippen LogP contribution is -2.60. The second-order valence-electron chi connectivity index (χ2n) is 6.67. The Morgan fingerprint density at radius 2 is 1.95 bits per heavy atom. The van der Waals surface area contributed by atoms with Gasteiger partial charge in [-0.15, -0.1) is 0 Å². The Balaban J connectivity index is 1.67. The van der Waals surface area contributed by atoms with E-state index in [4.69, 9.17) is 0 Å². The van der Waals surface area contributed by atoms with Crippen molar-refractivity contribution in [3.05, 3.63) is 0 Å². The molecule has 0 aromatic rings. The van der Waals surface area contributed by atoms with Crippen molar-refractivity contribution in [3.8, 4) is 0 Å². The van der Waals surface area contributed by atoms with Crippen LogP contribution in [0.2, 0.25) is 0 Å². The third-order valence-corrected chi connectivity index (χ3v) is 5.35. The highest BCUT2D eigenvalue weighted by Gasteiger charge is 2.42. The molecule has 0 bridgehead atoms. The zero-order chi connectivity index (χ0) is 14.8. The third kappa shape index (κ3) is 2.93. The molecule has 0 spiro atoms. The average molecular weight is 293 g/mol. The summed E-state index contributed by atoms with van der Waals surface area (Å²) in [5.74, 6) is 0.973. The minimum absolute atomic E-state index is 0.138. The van der Waals surface area contributed by atoms with Crippen molar-refractivity contribution >= 4 is 11.8 Å². The Hall–Kier alpha value is -1.10. The van der Waals surface area contributed by atoms with E-state index in [-0.39, 0.29) is 24.4 Å². The highest BCUT2D eigenvalue weighted by molar-refractivity contribution is 5.95. The van der Waals surface area contributed by atoms with Crippen LogP contribution in [0.1, 0.15) is 45.4 Å². The van der Waals surface area contributed by atoms with E-state index < -0.39 is 0 Å². The van der Waals surface area contributed by atoms with Gasteiger partial charge in [0.25, 0.3) is 0 Å². The first-order valence-electron chi connectivity index (χ1n) is 8.52. The van der Waals surface area contributed by atoms with Crippen LogP contribution in [0.25, 0.3) is 0 Å². The number of carbonyl (C=O) groups is 2. The summed E-state index contributed by atoms with van der Waals surface area (Å²) < 4.78 is 0. The molecule has 2 unspecified atom stereocenters. The van der Waals surface area contributed by atoms with Crippen LogP contribution in [0.4, 0.5) is 0 Å². The number of hydrogen-bond acceptors (Lipinski definition) is 3. The first-order valence-corrected chi connectivity index (χ1v) is 8.52. The summed E-state index contributed by atoms with van der Waals surface area (Å²) in [6, 6.07) is 0.180. The predicted octanol–water partition coefficient (Wildman–Crippen LogP) is 0.988. The summed E-state index contributed by atoms with van der Waals surface area (Å²) in [4.78, 5) is 28.4. The number of likely N-dealkylation sites (N-methyl/N-ethyl adjacent to an activating group) is 1. The molecule has 2 aliphatic heterocycles. The Bertz CT molecular complexity index is 406. The summed E-state index contributed by atoms with van der Waals surface area (Å²) in [6.07, 6.45) is 6.92. The second kappa shape index (κ2) is 6.34. The van der Waals surface area contributed by atoms with Crippen molar-refractivity contribution in [3.63, 3.8) is 0 Å². The summed E-state index contributed by atoms with van der Waals surface area (Å²) in [5, 5.41) is 3.55. The van der Waals surface area contributed by atoms with Gasteiger partial charge in [0.2, 0.25) is 11.8 Å². The fourth-order valence-corrected chi connectivity index (χ4v) is 4.26. The number of amides is 2. The topological polar surface area (TPSA) is 52.7 Å². The van der Waals surface area contributed by atoms with Crippen molar-refractivity contribution in [1.82, 2.24) is 15.1 Å². The highest BCUT2D eigenvalue weighted by atomic mass is 16.2. The van der Waals surface area contributed by atoms with Crippen LogP contribution in [-0.4, -0.2) is 59.9 Å². The van der Waals surface area contributed by atoms with Crippen LogP contribution in [0.15, 0.2) is 0 Å². The minimum Gasteiger partial charge on any atom is -0.330 e. The van der Waals surface area contributed by atoms with E-state index in [0.29, 0.717) is 18.5 Å². The first-order chi connectivity index (χ1) is 10.2. The molecule has 118 valence electrons. The average Bonchev–Trinajstić information content (AvgIpc) is 3.14. The molecule has 0 aromatic carbocycles. The molecule has 1 N–H and O–H groups in total. The Labute approximate surface area is 127 Å². The third-order valence-electron chi connectivity index (χ3n) is 5.35. The van der Waals surface area contributed by atoms with Crippen LogP contribution in [0, 0.1) is 5.92 Å². The van der Waals surface area contributed by atoms with Crippen molar-refractivity contribution in [2.75, 3.05) is 26.2 Å². The van der Waals surface area contributed by atoms with Crippen molar-refractivity contribution in [1.29, 1.82) is 0 Å². The summed E-state index contributed by atoms with van der Waals surface area (Å²) in [6.45, 7) is 4.79. The Kier molecular flexibility index (Phi) is 4.48. The molecule has 2 saturated heterocycles. The van der Waals surface area contributed by atoms with Gasteiger partial charge in [0.15, 0.2) is 0 Å². The van der Waals surface area contributed by atoms with Gasteiger partial charge in [0.05, 0.1) is 6.54 Å². The lowest BCUT2D eigenvalue weighted by atomic mass is 9.96. The molecule has 0 aromatic heterocycles. The summed E-state index contributed by atoms with van der Waals surface area (Å²) in [7, 11) is 0. The second-order valence-corrected chi connectivity index (χ2v) is 6.67. The predicted molar refractivity (Wildman–Crippen MR) is 80.7 cm³/mol. The minimum atomic E-state index is -0.169. The molecule has 3 aliphatic rings. The van der Waals surface area contributed by atoms with Gasteiger partial charge in [-0.05, 0) is 38.1 Å². The molecule has 2 amide bonds. The maximum atomic E-state index is 12.6. The molecule has 3 fully saturated rings. The molecule has 2 heterocycles. The van der Waals surface area contributed by atoms with Crippen LogP contribution in [0.5, 0.6) is 0 Å². The van der Waals surface area contributed by atoms with E-state index in [2.05, 4.69) is 12.2 Å². The molecule has 3 rings (SSSR count). The number of hydrogen-bond donors (Lipinski definition) is 1. The van der Waals surface area contributed by atoms with E-state index in [1.807, 2.05) is 4.90 Å². The molecular formula is C16H27N3O2. The molecule has 21 heavy (non-hydrogen) atoms. The van der Waals surface area contributed by atoms with Crippen molar-refractivity contribution < 1.29 is 9.59 Å². The van der Waals surface area contributed by atoms with Gasteiger partial charge in [-0.25, -0.2) is 0 Å². The molecule has 0 radical (unpaired) electrons. The lowest BCUT2D eigenvalue weighted by Gasteiger charge is -2.39. The zero-order valence-electron chi connectivity index (χ0n) is 13.0. The van der Waals surface area contributed by atoms with Gasteiger partial charge >= 0.3 is 0 Å². The van der Waals surface area contributed by atoms with Gasteiger partial charge in [-0.2, -0.15) is 0 Å². The Morgan fingerprint density at radius 1 is 1.19 bits per heavy atom. The van der Waals surface area contributed by atoms with Gasteiger partial charge in [-0.3, -0.25) is 9.59 Å². The van der Waals surface area contributed by atoms with Gasteiger partial charge in [0.1, 0.15) is 6.04 Å². The maximum Gasteiger partial charge on any atom is 0.245 e. The molecule has 5 nitrogen and oxygen atoms in total. The van der Waals surface area contributed by atoms with E-state index in [1.54, 1.807) is 4.90 Å². The number of rotatable bonds is 5. The van der Waals surface area contributed by atoms with Gasteiger partial charge in [0, 0.05) is 19.1 Å². The van der Waals surface area contributed by atoms with Gasteiger partial charge < -0.3 is 15.1 Å². The number of carbonyl (C=O) groups excluding carboxylic acids is 2. The maximum absolute atomic E-state index is 12.6. The van der Waals surface area contributed by atoms with E-state index in [1.165, 1.54) is 25.7 Å². The van der Waals surface area contributed by atoms with Crippen LogP contribution in [-0.2, 0) is 9.59 Å². The van der Waals surface area contributed by atoms with E-state index in [0.717, 1.165) is 25.9 Å². The SMILES string of the molecule is CCNC(CN1CC(=O)N2CCCC2C1=O)C1CCCC1. The largest absolute Gasteiger partial charge is 0.330 e. The van der Waals surface area contributed by atoms with Crippen LogP contribution >= 0.6 is 0 Å². The number of fused-ring (bicyclic) bond motifs is 1. The fraction of sp³-hybridized carbons (Fsp3) is 0.875. The lowest BCUT2D eigenvalue weighted by molar-refractivity contribution is -0.154. The molecule has 5 heteroatoms. The number of nitrogens with zero attached hydrogens (tertiary/aromatic N) is 2. The molecular weight excluding hydrogens is 266 g/mol. The number of piperazine rings is 1. The fourth-order valence-electron chi connectivity index (χ4n) is 4.26.